The highest BCUT2D eigenvalue weighted by Crippen LogP contribution is 2.34. The molecule has 0 bridgehead atoms. The molecule has 1 fully saturated rings. The monoisotopic (exact) mass is 348 g/mol. The van der Waals surface area contributed by atoms with Crippen LogP contribution in [0, 0.1) is 5.92 Å². The summed E-state index contributed by atoms with van der Waals surface area (Å²) in [6.45, 7) is 3.73. The number of ether oxygens (including phenoxy) is 2. The predicted octanol–water partition coefficient (Wildman–Crippen LogP) is 2.08. The second kappa shape index (κ2) is 6.56. The number of carboxylic acids is 1. The number of amides is 1. The van der Waals surface area contributed by atoms with Gasteiger partial charge < -0.3 is 19.9 Å². The number of carbonyl (C=O) groups is 2. The normalized spacial score (nSPS) is 20.7. The molecular weight excluding hydrogens is 332 g/mol. The maximum Gasteiger partial charge on any atom is 0.328 e. The van der Waals surface area contributed by atoms with Crippen molar-refractivity contribution in [2.45, 2.75) is 19.9 Å². The van der Waals surface area contributed by atoms with E-state index in [2.05, 4.69) is 10.3 Å². The van der Waals surface area contributed by atoms with Crippen molar-refractivity contribution < 1.29 is 24.2 Å². The summed E-state index contributed by atoms with van der Waals surface area (Å²) in [5, 5.41) is 12.1. The van der Waals surface area contributed by atoms with E-state index in [1.165, 1.54) is 0 Å². The van der Waals surface area contributed by atoms with Crippen LogP contribution in [0.15, 0.2) is 28.1 Å². The van der Waals surface area contributed by atoms with E-state index in [0.29, 0.717) is 21.6 Å². The smallest absolute Gasteiger partial charge is 0.328 e. The first kappa shape index (κ1) is 16.4. The van der Waals surface area contributed by atoms with Crippen LogP contribution in [0.3, 0.4) is 0 Å². The van der Waals surface area contributed by atoms with E-state index in [-0.39, 0.29) is 18.6 Å². The van der Waals surface area contributed by atoms with Gasteiger partial charge in [-0.05, 0) is 41.5 Å². The highest BCUT2D eigenvalue weighted by atomic mass is 32.2. The first-order valence-corrected chi connectivity index (χ1v) is 8.17. The molecule has 7 nitrogen and oxygen atoms in total. The van der Waals surface area contributed by atoms with Crippen LogP contribution in [-0.2, 0) is 9.59 Å². The highest BCUT2D eigenvalue weighted by Gasteiger charge is 2.28. The number of aliphatic carboxylic acids is 1. The summed E-state index contributed by atoms with van der Waals surface area (Å²) in [6, 6.07) is 4.49. The van der Waals surface area contributed by atoms with Gasteiger partial charge in [0.2, 0.25) is 6.79 Å². The van der Waals surface area contributed by atoms with Crippen LogP contribution in [-0.4, -0.2) is 35.0 Å². The maximum atomic E-state index is 12.1. The van der Waals surface area contributed by atoms with Gasteiger partial charge in [-0.3, -0.25) is 4.79 Å². The van der Waals surface area contributed by atoms with E-state index in [4.69, 9.17) is 9.47 Å². The number of amidine groups is 1. The third kappa shape index (κ3) is 3.38. The first-order valence-electron chi connectivity index (χ1n) is 7.35. The quantitative estimate of drug-likeness (QED) is 0.809. The van der Waals surface area contributed by atoms with Gasteiger partial charge in [-0.2, -0.15) is 0 Å². The summed E-state index contributed by atoms with van der Waals surface area (Å²) in [6.07, 6.45) is 1.70. The Morgan fingerprint density at radius 3 is 2.83 bits per heavy atom. The SMILES string of the molecule is CC(C)[C@@H](N=C1NC(=O)/C(=C\c2ccc3c(c2)OCO3)S1)C(=O)O. The number of fused-ring (bicyclic) bond motifs is 1. The number of carbonyl (C=O) groups excluding carboxylic acids is 1. The lowest BCUT2D eigenvalue weighted by molar-refractivity contribution is -0.139. The number of carboxylic acid groups (broad SMARTS) is 1. The van der Waals surface area contributed by atoms with Crippen molar-refractivity contribution in [3.63, 3.8) is 0 Å². The number of benzene rings is 1. The maximum absolute atomic E-state index is 12.1. The molecule has 0 radical (unpaired) electrons. The summed E-state index contributed by atoms with van der Waals surface area (Å²) >= 11 is 1.13. The van der Waals surface area contributed by atoms with E-state index in [0.717, 1.165) is 17.3 Å². The van der Waals surface area contributed by atoms with E-state index in [1.54, 1.807) is 32.1 Å². The number of hydrogen-bond donors (Lipinski definition) is 2. The molecule has 1 aromatic carbocycles. The highest BCUT2D eigenvalue weighted by molar-refractivity contribution is 8.18. The van der Waals surface area contributed by atoms with Crippen molar-refractivity contribution in [1.82, 2.24) is 5.32 Å². The summed E-state index contributed by atoms with van der Waals surface area (Å²) in [7, 11) is 0. The number of nitrogens with zero attached hydrogens (tertiary/aromatic N) is 1. The molecule has 8 heteroatoms. The standard InChI is InChI=1S/C16H16N2O5S/c1-8(2)13(15(20)21)17-16-18-14(19)12(24-16)6-9-3-4-10-11(5-9)23-7-22-10/h3-6,8,13H,7H2,1-2H3,(H,20,21)(H,17,18,19)/b12-6+/t13-/m1/s1. The van der Waals surface area contributed by atoms with Crippen molar-refractivity contribution in [1.29, 1.82) is 0 Å². The van der Waals surface area contributed by atoms with Crippen LogP contribution in [0.2, 0.25) is 0 Å². The number of rotatable bonds is 4. The van der Waals surface area contributed by atoms with Gasteiger partial charge in [0, 0.05) is 0 Å². The van der Waals surface area contributed by atoms with Crippen LogP contribution in [0.4, 0.5) is 0 Å². The van der Waals surface area contributed by atoms with Crippen molar-refractivity contribution >= 4 is 34.9 Å². The van der Waals surface area contributed by atoms with Gasteiger partial charge >= 0.3 is 5.97 Å². The minimum atomic E-state index is -1.01. The Bertz CT molecular complexity index is 757. The summed E-state index contributed by atoms with van der Waals surface area (Å²) in [5.74, 6) is -0.184. The van der Waals surface area contributed by atoms with Crippen LogP contribution in [0.25, 0.3) is 6.08 Å². The average Bonchev–Trinajstić information content (AvgIpc) is 3.11. The zero-order valence-electron chi connectivity index (χ0n) is 13.1. The lowest BCUT2D eigenvalue weighted by atomic mass is 10.1. The largest absolute Gasteiger partial charge is 0.480 e. The molecule has 2 heterocycles. The van der Waals surface area contributed by atoms with Crippen LogP contribution >= 0.6 is 11.8 Å². The zero-order chi connectivity index (χ0) is 17.3. The molecule has 0 unspecified atom stereocenters. The Balaban J connectivity index is 1.81. The molecule has 126 valence electrons. The van der Waals surface area contributed by atoms with E-state index in [9.17, 15) is 14.7 Å². The van der Waals surface area contributed by atoms with Crippen LogP contribution in [0.1, 0.15) is 19.4 Å². The van der Waals surface area contributed by atoms with Crippen molar-refractivity contribution in [2.24, 2.45) is 10.9 Å². The van der Waals surface area contributed by atoms with Gasteiger partial charge in [0.05, 0.1) is 4.91 Å². The predicted molar refractivity (Wildman–Crippen MR) is 90.0 cm³/mol. The van der Waals surface area contributed by atoms with E-state index >= 15 is 0 Å². The number of nitrogens with one attached hydrogen (secondary N) is 1. The Kier molecular flexibility index (Phi) is 4.48. The third-order valence-corrected chi connectivity index (χ3v) is 4.41. The summed E-state index contributed by atoms with van der Waals surface area (Å²) < 4.78 is 10.6. The Hall–Kier alpha value is -2.48. The average molecular weight is 348 g/mol. The molecule has 0 spiro atoms. The third-order valence-electron chi connectivity index (χ3n) is 3.49. The van der Waals surface area contributed by atoms with Crippen molar-refractivity contribution in [3.05, 3.63) is 28.7 Å². The molecule has 1 aromatic rings. The van der Waals surface area contributed by atoms with Gasteiger partial charge in [-0.1, -0.05) is 19.9 Å². The zero-order valence-corrected chi connectivity index (χ0v) is 13.9. The summed E-state index contributed by atoms with van der Waals surface area (Å²) in [5.41, 5.74) is 0.789. The van der Waals surface area contributed by atoms with E-state index in [1.807, 2.05) is 6.07 Å². The number of hydrogen-bond acceptors (Lipinski definition) is 6. The fourth-order valence-electron chi connectivity index (χ4n) is 2.26. The van der Waals surface area contributed by atoms with Crippen molar-refractivity contribution in [3.8, 4) is 11.5 Å². The second-order valence-electron chi connectivity index (χ2n) is 5.64. The van der Waals surface area contributed by atoms with E-state index < -0.39 is 12.0 Å². The lowest BCUT2D eigenvalue weighted by Gasteiger charge is -2.11. The molecule has 24 heavy (non-hydrogen) atoms. The molecule has 1 amide bonds. The molecule has 2 aliphatic rings. The summed E-state index contributed by atoms with van der Waals surface area (Å²) in [4.78, 5) is 27.9. The molecule has 1 atom stereocenters. The fraction of sp³-hybridized carbons (Fsp3) is 0.312. The molecule has 3 rings (SSSR count). The molecule has 0 saturated carbocycles. The van der Waals surface area contributed by atoms with Gasteiger partial charge in [-0.15, -0.1) is 0 Å². The minimum absolute atomic E-state index is 0.172. The molecule has 0 aliphatic carbocycles. The molecule has 2 aliphatic heterocycles. The Morgan fingerprint density at radius 1 is 1.38 bits per heavy atom. The van der Waals surface area contributed by atoms with Gasteiger partial charge in [0.25, 0.3) is 5.91 Å². The molecular formula is C16H16N2O5S. The fourth-order valence-corrected chi connectivity index (χ4v) is 3.12. The lowest BCUT2D eigenvalue weighted by Crippen LogP contribution is -2.28. The second-order valence-corrected chi connectivity index (χ2v) is 6.67. The van der Waals surface area contributed by atoms with Crippen molar-refractivity contribution in [2.75, 3.05) is 6.79 Å². The molecule has 0 aromatic heterocycles. The number of aliphatic imine (C=N–C) groups is 1. The molecule has 1 saturated heterocycles. The first-order chi connectivity index (χ1) is 11.4. The Labute approximate surface area is 142 Å². The molecule has 2 N–H and O–H groups in total. The van der Waals surface area contributed by atoms with Crippen LogP contribution in [0.5, 0.6) is 11.5 Å². The van der Waals surface area contributed by atoms with Crippen LogP contribution < -0.4 is 14.8 Å². The number of thioether (sulfide) groups is 1. The minimum Gasteiger partial charge on any atom is -0.480 e. The van der Waals surface area contributed by atoms with Gasteiger partial charge in [-0.25, -0.2) is 9.79 Å². The topological polar surface area (TPSA) is 97.2 Å². The van der Waals surface area contributed by atoms with Gasteiger partial charge in [0.1, 0.15) is 0 Å². The van der Waals surface area contributed by atoms with Gasteiger partial charge in [0.15, 0.2) is 22.7 Å². The Morgan fingerprint density at radius 2 is 2.12 bits per heavy atom.